The zero-order valence-electron chi connectivity index (χ0n) is 33.7. The average molecular weight is 787 g/mol. The summed E-state index contributed by atoms with van der Waals surface area (Å²) in [6, 6.07) is -0.754. The molecule has 0 aromatic carbocycles. The molecule has 19 nitrogen and oxygen atoms in total. The fourth-order valence-corrected chi connectivity index (χ4v) is 4.94. The molecule has 2 fully saturated rings. The maximum absolute atomic E-state index is 13.2. The van der Waals surface area contributed by atoms with Gasteiger partial charge in [-0.05, 0) is 61.3 Å². The lowest BCUT2D eigenvalue weighted by atomic mass is 9.87. The van der Waals surface area contributed by atoms with E-state index >= 15 is 0 Å². The van der Waals surface area contributed by atoms with Crippen molar-refractivity contribution >= 4 is 35.7 Å². The van der Waals surface area contributed by atoms with E-state index in [1.165, 1.54) is 0 Å². The van der Waals surface area contributed by atoms with Gasteiger partial charge in [0.15, 0.2) is 5.96 Å². The Hall–Kier alpha value is -3.62. The number of nitrogens with zero attached hydrogens (tertiary/aromatic N) is 1. The number of hydrogen-bond donors (Lipinski definition) is 7. The van der Waals surface area contributed by atoms with Crippen molar-refractivity contribution in [3.8, 4) is 0 Å². The monoisotopic (exact) mass is 786 g/mol. The number of carbonyl (C=O) groups excluding carboxylic acids is 5. The fraction of sp³-hybridized carbons (Fsp3) is 0.833. The zero-order chi connectivity index (χ0) is 41.3. The lowest BCUT2D eigenvalue weighted by Crippen LogP contribution is -2.47. The van der Waals surface area contributed by atoms with Crippen LogP contribution in [0.25, 0.3) is 0 Å². The van der Waals surface area contributed by atoms with Gasteiger partial charge in [0.1, 0.15) is 26.4 Å². The molecule has 3 unspecified atom stereocenters. The van der Waals surface area contributed by atoms with Crippen LogP contribution in [0.15, 0.2) is 4.99 Å². The van der Waals surface area contributed by atoms with Crippen LogP contribution in [0.5, 0.6) is 0 Å². The number of nitrogens with two attached hydrogens (primary N) is 3. The van der Waals surface area contributed by atoms with Crippen LogP contribution < -0.4 is 38.5 Å². The van der Waals surface area contributed by atoms with Crippen molar-refractivity contribution < 1.29 is 52.4 Å². The van der Waals surface area contributed by atoms with Crippen molar-refractivity contribution in [2.75, 3.05) is 92.2 Å². The molecule has 55 heavy (non-hydrogen) atoms. The van der Waals surface area contributed by atoms with Crippen LogP contribution in [0, 0.1) is 21.7 Å². The molecule has 0 radical (unpaired) electrons. The molecule has 0 saturated carbocycles. The van der Waals surface area contributed by atoms with Crippen molar-refractivity contribution in [2.24, 2.45) is 43.9 Å². The molecular formula is C36H66N8O11. The van der Waals surface area contributed by atoms with E-state index < -0.39 is 51.5 Å². The summed E-state index contributed by atoms with van der Waals surface area (Å²) in [7, 11) is 0. The number of ether oxygens (including phenoxy) is 6. The molecule has 2 amide bonds. The van der Waals surface area contributed by atoms with Gasteiger partial charge in [0.2, 0.25) is 11.8 Å². The lowest BCUT2D eigenvalue weighted by molar-refractivity contribution is -0.178. The summed E-state index contributed by atoms with van der Waals surface area (Å²) < 4.78 is 34.0. The number of carbonyl (C=O) groups is 5. The van der Waals surface area contributed by atoms with E-state index in [4.69, 9.17) is 45.6 Å². The molecule has 3 atom stereocenters. The molecule has 316 valence electrons. The third-order valence-corrected chi connectivity index (χ3v) is 9.18. The van der Waals surface area contributed by atoms with Crippen LogP contribution in [0.4, 0.5) is 0 Å². The molecule has 2 heterocycles. The highest BCUT2D eigenvalue weighted by Crippen LogP contribution is 2.32. The van der Waals surface area contributed by atoms with Crippen LogP contribution in [0.3, 0.4) is 0 Å². The largest absolute Gasteiger partial charge is 0.464 e. The normalized spacial score (nSPS) is 18.3. The summed E-state index contributed by atoms with van der Waals surface area (Å²) >= 11 is 0. The number of nitrogens with one attached hydrogen (secondary N) is 4. The van der Waals surface area contributed by atoms with Gasteiger partial charge < -0.3 is 66.9 Å². The van der Waals surface area contributed by atoms with Gasteiger partial charge in [-0.1, -0.05) is 0 Å². The minimum Gasteiger partial charge on any atom is -0.464 e. The second-order valence-corrected chi connectivity index (χ2v) is 16.3. The Kier molecular flexibility index (Phi) is 19.2. The van der Waals surface area contributed by atoms with Crippen LogP contribution in [0.1, 0.15) is 61.3 Å². The lowest BCUT2D eigenvalue weighted by Gasteiger charge is -2.35. The molecule has 2 saturated heterocycles. The van der Waals surface area contributed by atoms with Gasteiger partial charge in [0.25, 0.3) is 0 Å². The first kappa shape index (κ1) is 47.5. The van der Waals surface area contributed by atoms with Crippen LogP contribution in [-0.4, -0.2) is 146 Å². The van der Waals surface area contributed by atoms with Crippen molar-refractivity contribution in [2.45, 2.75) is 79.4 Å². The second-order valence-electron chi connectivity index (χ2n) is 16.3. The Bertz CT molecular complexity index is 1250. The van der Waals surface area contributed by atoms with E-state index in [0.717, 1.165) is 0 Å². The van der Waals surface area contributed by atoms with Crippen molar-refractivity contribution in [1.82, 2.24) is 21.3 Å². The van der Waals surface area contributed by atoms with Gasteiger partial charge in [-0.3, -0.25) is 29.0 Å². The highest BCUT2D eigenvalue weighted by atomic mass is 16.6. The summed E-state index contributed by atoms with van der Waals surface area (Å²) in [6.45, 7) is 13.9. The van der Waals surface area contributed by atoms with Gasteiger partial charge >= 0.3 is 17.9 Å². The summed E-state index contributed by atoms with van der Waals surface area (Å²) in [5.74, 6) is -2.21. The van der Waals surface area contributed by atoms with E-state index in [1.54, 1.807) is 48.5 Å². The molecule has 0 aromatic rings. The topological polar surface area (TPSA) is 299 Å². The van der Waals surface area contributed by atoms with Crippen LogP contribution in [-0.2, 0) is 52.4 Å². The highest BCUT2D eigenvalue weighted by molar-refractivity contribution is 5.81. The summed E-state index contributed by atoms with van der Waals surface area (Å²) in [5.41, 5.74) is 12.6. The maximum atomic E-state index is 13.2. The van der Waals surface area contributed by atoms with Crippen LogP contribution >= 0.6 is 0 Å². The molecule has 0 aliphatic carbocycles. The molecule has 0 aromatic heterocycles. The Morgan fingerprint density at radius 3 is 1.64 bits per heavy atom. The third-order valence-electron chi connectivity index (χ3n) is 9.18. The highest BCUT2D eigenvalue weighted by Gasteiger charge is 2.48. The summed E-state index contributed by atoms with van der Waals surface area (Å²) in [5, 5.41) is 11.7. The van der Waals surface area contributed by atoms with Gasteiger partial charge in [-0.2, -0.15) is 0 Å². The molecule has 0 spiro atoms. The third kappa shape index (κ3) is 17.8. The van der Waals surface area contributed by atoms with Gasteiger partial charge in [-0.15, -0.1) is 0 Å². The SMILES string of the molecule is CC(C)(C)C(=O)OCC(COCC(=O)NCCOCCOCCNC(=O)C(N)CCCN=C(N)N)(COC(=O)C(C)(C)C1CN1)COC(=O)C(C)(C)C1CN1. The van der Waals surface area contributed by atoms with E-state index in [-0.39, 0.29) is 96.5 Å². The predicted octanol–water partition coefficient (Wildman–Crippen LogP) is -1.69. The van der Waals surface area contributed by atoms with Crippen molar-refractivity contribution in [3.63, 3.8) is 0 Å². The fourth-order valence-electron chi connectivity index (χ4n) is 4.94. The van der Waals surface area contributed by atoms with Crippen LogP contribution in [0.2, 0.25) is 0 Å². The van der Waals surface area contributed by atoms with Gasteiger partial charge in [-0.25, -0.2) is 0 Å². The Morgan fingerprint density at radius 1 is 0.709 bits per heavy atom. The number of hydrogen-bond acceptors (Lipinski definition) is 15. The maximum Gasteiger partial charge on any atom is 0.313 e. The molecule has 2 aliphatic rings. The van der Waals surface area contributed by atoms with Crippen molar-refractivity contribution in [1.29, 1.82) is 0 Å². The molecular weight excluding hydrogens is 720 g/mol. The number of esters is 3. The second kappa shape index (κ2) is 22.2. The molecule has 2 aliphatic heterocycles. The van der Waals surface area contributed by atoms with E-state index in [0.29, 0.717) is 32.5 Å². The van der Waals surface area contributed by atoms with Gasteiger partial charge in [0.05, 0.1) is 60.7 Å². The standard InChI is InChI=1S/C36H66N8O11/c1-33(2,3)29(47)53-21-36(22-54-30(48)34(4,5)25-17-43-25,23-55-31(49)35(6,7)26-18-44-26)20-52-19-27(45)40-11-13-50-15-16-51-14-12-41-28(46)24(37)9-8-10-42-32(38)39/h24-26,43-44H,8-23,37H2,1-7H3,(H,40,45)(H,41,46)(H4,38,39,42). The Balaban J connectivity index is 1.83. The van der Waals surface area contributed by atoms with Crippen molar-refractivity contribution in [3.05, 3.63) is 0 Å². The summed E-state index contributed by atoms with van der Waals surface area (Å²) in [6.07, 6.45) is 1.02. The first-order valence-corrected chi connectivity index (χ1v) is 18.8. The molecule has 10 N–H and O–H groups in total. The Morgan fingerprint density at radius 2 is 1.18 bits per heavy atom. The van der Waals surface area contributed by atoms with E-state index in [1.807, 2.05) is 0 Å². The predicted molar refractivity (Wildman–Crippen MR) is 202 cm³/mol. The smallest absolute Gasteiger partial charge is 0.313 e. The van der Waals surface area contributed by atoms with Gasteiger partial charge in [0, 0.05) is 44.8 Å². The quantitative estimate of drug-likeness (QED) is 0.0116. The number of amides is 2. The average Bonchev–Trinajstić information content (AvgIpc) is 4.03. The number of guanidine groups is 1. The number of rotatable bonds is 28. The molecule has 19 heteroatoms. The zero-order valence-corrected chi connectivity index (χ0v) is 33.7. The summed E-state index contributed by atoms with van der Waals surface area (Å²) in [4.78, 5) is 67.8. The molecule has 0 bridgehead atoms. The van der Waals surface area contributed by atoms with E-state index in [9.17, 15) is 24.0 Å². The first-order valence-electron chi connectivity index (χ1n) is 18.8. The molecule has 2 rings (SSSR count). The Labute approximate surface area is 324 Å². The minimum atomic E-state index is -1.32. The minimum absolute atomic E-state index is 0.00464. The first-order chi connectivity index (χ1) is 25.7. The van der Waals surface area contributed by atoms with E-state index in [2.05, 4.69) is 26.3 Å². The number of aliphatic imine (C=N–C) groups is 1.